The lowest BCUT2D eigenvalue weighted by Gasteiger charge is -2.48. The SMILES string of the molecule is CC1(C)CCN2CCC(C)(C)c3cc(C4=CC5=C/C(=C(\C#N)c6nc7ccccc7o6)CC(C)(C)C5CC4)cc1c32. The Kier molecular flexibility index (Phi) is 5.75. The Balaban J connectivity index is 1.36. The van der Waals surface area contributed by atoms with Gasteiger partial charge in [0, 0.05) is 18.8 Å². The average molecular weight is 544 g/mol. The van der Waals surface area contributed by atoms with Gasteiger partial charge in [0.05, 0.1) is 0 Å². The third-order valence-electron chi connectivity index (χ3n) is 10.6. The van der Waals surface area contributed by atoms with Crippen LogP contribution in [-0.2, 0) is 10.8 Å². The quantitative estimate of drug-likeness (QED) is 0.302. The second-order valence-corrected chi connectivity index (χ2v) is 14.7. The molecular formula is C37H41N3O. The number of para-hydroxylation sites is 2. The van der Waals surface area contributed by atoms with E-state index < -0.39 is 0 Å². The van der Waals surface area contributed by atoms with Gasteiger partial charge in [-0.05, 0) is 112 Å². The largest absolute Gasteiger partial charge is 0.435 e. The van der Waals surface area contributed by atoms with Crippen molar-refractivity contribution in [2.75, 3.05) is 18.0 Å². The summed E-state index contributed by atoms with van der Waals surface area (Å²) < 4.78 is 6.06. The van der Waals surface area contributed by atoms with Crippen LogP contribution in [0.1, 0.15) is 96.2 Å². The molecule has 2 aliphatic heterocycles. The Labute approximate surface area is 244 Å². The van der Waals surface area contributed by atoms with E-state index in [2.05, 4.69) is 81.8 Å². The molecule has 4 aliphatic rings. The first-order valence-electron chi connectivity index (χ1n) is 15.3. The highest BCUT2D eigenvalue weighted by atomic mass is 16.3. The van der Waals surface area contributed by atoms with E-state index >= 15 is 0 Å². The second-order valence-electron chi connectivity index (χ2n) is 14.7. The maximum atomic E-state index is 10.3. The number of hydrogen-bond donors (Lipinski definition) is 0. The lowest BCUT2D eigenvalue weighted by Crippen LogP contribution is -2.44. The summed E-state index contributed by atoms with van der Waals surface area (Å²) in [5, 5.41) is 10.3. The Morgan fingerprint density at radius 3 is 2.32 bits per heavy atom. The Morgan fingerprint density at radius 2 is 1.66 bits per heavy atom. The number of hydrogen-bond acceptors (Lipinski definition) is 4. The van der Waals surface area contributed by atoms with Crippen molar-refractivity contribution in [1.82, 2.24) is 4.98 Å². The van der Waals surface area contributed by atoms with Crippen LogP contribution in [0.15, 0.2) is 64.1 Å². The molecule has 0 amide bonds. The predicted octanol–water partition coefficient (Wildman–Crippen LogP) is 9.12. The molecule has 0 radical (unpaired) electrons. The topological polar surface area (TPSA) is 53.1 Å². The first kappa shape index (κ1) is 26.3. The van der Waals surface area contributed by atoms with Gasteiger partial charge >= 0.3 is 0 Å². The number of aromatic nitrogens is 1. The van der Waals surface area contributed by atoms with Crippen LogP contribution in [0.2, 0.25) is 0 Å². The molecule has 0 saturated heterocycles. The van der Waals surface area contributed by atoms with Gasteiger partial charge in [-0.25, -0.2) is 4.98 Å². The van der Waals surface area contributed by atoms with Crippen molar-refractivity contribution in [3.8, 4) is 6.07 Å². The third-order valence-corrected chi connectivity index (χ3v) is 10.6. The van der Waals surface area contributed by atoms with Gasteiger partial charge < -0.3 is 9.32 Å². The molecule has 2 aliphatic carbocycles. The minimum absolute atomic E-state index is 0.0435. The van der Waals surface area contributed by atoms with E-state index in [4.69, 9.17) is 4.42 Å². The van der Waals surface area contributed by atoms with Crippen molar-refractivity contribution < 1.29 is 4.42 Å². The molecule has 2 aromatic carbocycles. The highest BCUT2D eigenvalue weighted by Gasteiger charge is 2.42. The van der Waals surface area contributed by atoms with Crippen molar-refractivity contribution in [2.45, 2.75) is 84.5 Å². The molecule has 0 bridgehead atoms. The molecule has 0 saturated carbocycles. The van der Waals surface area contributed by atoms with Crippen LogP contribution in [0.3, 0.4) is 0 Å². The summed E-state index contributed by atoms with van der Waals surface area (Å²) in [6.45, 7) is 16.7. The van der Waals surface area contributed by atoms with Crippen LogP contribution in [0.4, 0.5) is 5.69 Å². The van der Waals surface area contributed by atoms with Crippen LogP contribution in [0.5, 0.6) is 0 Å². The molecule has 3 heterocycles. The van der Waals surface area contributed by atoms with E-state index in [1.165, 1.54) is 46.4 Å². The van der Waals surface area contributed by atoms with Gasteiger partial charge in [-0.15, -0.1) is 0 Å². The van der Waals surface area contributed by atoms with Crippen molar-refractivity contribution in [2.24, 2.45) is 11.3 Å². The standard InChI is InChI=1S/C37H41N3O/c1-35(2)13-15-40-16-14-36(3,4)30-20-24(19-29(35)33(30)40)23-11-12-28-25(17-23)18-26(21-37(28,5)6)27(22-38)34-39-31-9-7-8-10-32(31)41-34/h7-10,17-20,28H,11-16,21H2,1-6H3/b27-26-. The molecule has 1 atom stereocenters. The zero-order valence-corrected chi connectivity index (χ0v) is 25.4. The fraction of sp³-hybridized carbons (Fsp3) is 0.459. The van der Waals surface area contributed by atoms with Crippen LogP contribution < -0.4 is 4.90 Å². The molecule has 41 heavy (non-hydrogen) atoms. The van der Waals surface area contributed by atoms with Gasteiger partial charge in [0.1, 0.15) is 17.2 Å². The third kappa shape index (κ3) is 4.19. The number of nitriles is 1. The van der Waals surface area contributed by atoms with Gasteiger partial charge in [0.15, 0.2) is 5.58 Å². The maximum Gasteiger partial charge on any atom is 0.238 e. The fourth-order valence-corrected chi connectivity index (χ4v) is 7.94. The number of oxazole rings is 1. The van der Waals surface area contributed by atoms with Crippen molar-refractivity contribution in [3.63, 3.8) is 0 Å². The molecule has 0 fully saturated rings. The van der Waals surface area contributed by atoms with E-state index in [9.17, 15) is 5.26 Å². The van der Waals surface area contributed by atoms with E-state index in [0.29, 0.717) is 17.4 Å². The molecular weight excluding hydrogens is 502 g/mol. The fourth-order valence-electron chi connectivity index (χ4n) is 7.94. The minimum Gasteiger partial charge on any atom is -0.435 e. The summed E-state index contributed by atoms with van der Waals surface area (Å²) >= 11 is 0. The van der Waals surface area contributed by atoms with Crippen LogP contribution in [-0.4, -0.2) is 18.1 Å². The lowest BCUT2D eigenvalue weighted by molar-refractivity contribution is 0.228. The van der Waals surface area contributed by atoms with Crippen LogP contribution in [0, 0.1) is 22.7 Å². The van der Waals surface area contributed by atoms with E-state index in [1.54, 1.807) is 0 Å². The maximum absolute atomic E-state index is 10.3. The van der Waals surface area contributed by atoms with Gasteiger partial charge in [-0.2, -0.15) is 5.26 Å². The minimum atomic E-state index is 0.0435. The summed E-state index contributed by atoms with van der Waals surface area (Å²) in [4.78, 5) is 7.32. The zero-order chi connectivity index (χ0) is 28.7. The molecule has 4 heteroatoms. The van der Waals surface area contributed by atoms with Crippen molar-refractivity contribution >= 4 is 27.9 Å². The Bertz CT molecular complexity index is 1640. The number of allylic oxidation sites excluding steroid dienone is 6. The number of anilines is 1. The highest BCUT2D eigenvalue weighted by molar-refractivity contribution is 5.83. The molecule has 0 N–H and O–H groups in total. The normalized spacial score (nSPS) is 25.0. The summed E-state index contributed by atoms with van der Waals surface area (Å²) in [6.07, 6.45) is 10.2. The zero-order valence-electron chi connectivity index (χ0n) is 25.4. The molecule has 3 aromatic rings. The molecule has 4 nitrogen and oxygen atoms in total. The summed E-state index contributed by atoms with van der Waals surface area (Å²) in [6, 6.07) is 15.2. The number of rotatable bonds is 2. The smallest absolute Gasteiger partial charge is 0.238 e. The van der Waals surface area contributed by atoms with E-state index in [1.807, 2.05) is 24.3 Å². The summed E-state index contributed by atoms with van der Waals surface area (Å²) in [5.74, 6) is 0.899. The molecule has 1 unspecified atom stereocenters. The first-order chi connectivity index (χ1) is 19.5. The van der Waals surface area contributed by atoms with Crippen molar-refractivity contribution in [1.29, 1.82) is 5.26 Å². The van der Waals surface area contributed by atoms with Gasteiger partial charge in [0.2, 0.25) is 5.89 Å². The van der Waals surface area contributed by atoms with Crippen LogP contribution in [0.25, 0.3) is 22.2 Å². The van der Waals surface area contributed by atoms with Crippen molar-refractivity contribution in [3.05, 3.63) is 82.3 Å². The molecule has 210 valence electrons. The molecule has 0 spiro atoms. The lowest BCUT2D eigenvalue weighted by atomic mass is 9.62. The second kappa shape index (κ2) is 8.96. The molecule has 1 aromatic heterocycles. The van der Waals surface area contributed by atoms with Crippen LogP contribution >= 0.6 is 0 Å². The number of benzene rings is 2. The molecule has 7 rings (SSSR count). The highest BCUT2D eigenvalue weighted by Crippen LogP contribution is 2.53. The van der Waals surface area contributed by atoms with Gasteiger partial charge in [0.25, 0.3) is 0 Å². The van der Waals surface area contributed by atoms with E-state index in [-0.39, 0.29) is 16.2 Å². The van der Waals surface area contributed by atoms with Gasteiger partial charge in [-0.3, -0.25) is 0 Å². The first-order valence-corrected chi connectivity index (χ1v) is 15.3. The number of nitrogens with zero attached hydrogens (tertiary/aromatic N) is 3. The Hall–Kier alpha value is -3.58. The summed E-state index contributed by atoms with van der Waals surface area (Å²) in [5.41, 5.74) is 12.2. The van der Waals surface area contributed by atoms with Gasteiger partial charge in [-0.1, -0.05) is 65.8 Å². The summed E-state index contributed by atoms with van der Waals surface area (Å²) in [7, 11) is 0. The predicted molar refractivity (Wildman–Crippen MR) is 168 cm³/mol. The Morgan fingerprint density at radius 1 is 0.976 bits per heavy atom. The van der Waals surface area contributed by atoms with E-state index in [0.717, 1.165) is 49.0 Å². The monoisotopic (exact) mass is 543 g/mol. The number of fused-ring (bicyclic) bond motifs is 2. The average Bonchev–Trinajstić information content (AvgIpc) is 3.35.